The molecule has 0 heterocycles. The highest BCUT2D eigenvalue weighted by Crippen LogP contribution is 2.25. The molecule has 0 saturated heterocycles. The summed E-state index contributed by atoms with van der Waals surface area (Å²) in [6, 6.07) is 12.8. The topological polar surface area (TPSA) is 38.0 Å². The zero-order valence-electron chi connectivity index (χ0n) is 10.6. The van der Waals surface area contributed by atoms with Crippen LogP contribution in [0.2, 0.25) is 0 Å². The Morgan fingerprint density at radius 3 is 2.39 bits per heavy atom. The van der Waals surface area contributed by atoms with Gasteiger partial charge >= 0.3 is 0 Å². The van der Waals surface area contributed by atoms with E-state index in [0.29, 0.717) is 5.56 Å². The Labute approximate surface area is 107 Å². The summed E-state index contributed by atoms with van der Waals surface area (Å²) in [7, 11) is 0. The van der Waals surface area contributed by atoms with E-state index in [1.165, 1.54) is 6.07 Å². The van der Waals surface area contributed by atoms with Crippen molar-refractivity contribution in [2.75, 3.05) is 0 Å². The molecule has 0 bridgehead atoms. The Bertz CT molecular complexity index is 552. The minimum atomic E-state index is -0.328. The molecular formula is C15H17FN2. The first-order chi connectivity index (χ1) is 8.61. The van der Waals surface area contributed by atoms with Crippen LogP contribution in [0.15, 0.2) is 42.5 Å². The van der Waals surface area contributed by atoms with E-state index in [1.54, 1.807) is 6.07 Å². The molecule has 3 heteroatoms. The Morgan fingerprint density at radius 2 is 1.78 bits per heavy atom. The fraction of sp³-hybridized carbons (Fsp3) is 0.200. The van der Waals surface area contributed by atoms with E-state index in [2.05, 4.69) is 5.43 Å². The predicted octanol–water partition coefficient (Wildman–Crippen LogP) is 3.00. The third kappa shape index (κ3) is 2.58. The van der Waals surface area contributed by atoms with E-state index in [1.807, 2.05) is 44.2 Å². The third-order valence-corrected chi connectivity index (χ3v) is 3.01. The number of hydrogen-bond acceptors (Lipinski definition) is 2. The summed E-state index contributed by atoms with van der Waals surface area (Å²) in [5.74, 6) is 5.34. The van der Waals surface area contributed by atoms with Gasteiger partial charge in [-0.2, -0.15) is 0 Å². The summed E-state index contributed by atoms with van der Waals surface area (Å²) in [6.07, 6.45) is 0. The largest absolute Gasteiger partial charge is 0.271 e. The molecule has 2 aromatic carbocycles. The highest BCUT2D eigenvalue weighted by molar-refractivity contribution is 5.35. The average Bonchev–Trinajstić information content (AvgIpc) is 2.33. The summed E-state index contributed by atoms with van der Waals surface area (Å²) in [5.41, 5.74) is 6.23. The molecule has 0 spiro atoms. The minimum Gasteiger partial charge on any atom is -0.271 e. The molecule has 2 rings (SSSR count). The number of hydrazine groups is 1. The van der Waals surface area contributed by atoms with Crippen molar-refractivity contribution in [3.63, 3.8) is 0 Å². The van der Waals surface area contributed by atoms with Gasteiger partial charge in [0.05, 0.1) is 6.04 Å². The lowest BCUT2D eigenvalue weighted by atomic mass is 9.96. The lowest BCUT2D eigenvalue weighted by Crippen LogP contribution is -2.29. The van der Waals surface area contributed by atoms with Crippen LogP contribution >= 0.6 is 0 Å². The molecule has 3 N–H and O–H groups in total. The van der Waals surface area contributed by atoms with Gasteiger partial charge < -0.3 is 0 Å². The van der Waals surface area contributed by atoms with Crippen LogP contribution in [-0.4, -0.2) is 0 Å². The third-order valence-electron chi connectivity index (χ3n) is 3.01. The maximum atomic E-state index is 14.0. The lowest BCUT2D eigenvalue weighted by molar-refractivity contribution is 0.559. The van der Waals surface area contributed by atoms with Gasteiger partial charge in [-0.1, -0.05) is 42.0 Å². The van der Waals surface area contributed by atoms with Crippen molar-refractivity contribution in [2.24, 2.45) is 5.84 Å². The van der Waals surface area contributed by atoms with Crippen LogP contribution in [-0.2, 0) is 0 Å². The number of nitrogens with two attached hydrogens (primary N) is 1. The number of benzene rings is 2. The normalized spacial score (nSPS) is 12.4. The fourth-order valence-corrected chi connectivity index (χ4v) is 2.08. The van der Waals surface area contributed by atoms with Gasteiger partial charge in [-0.15, -0.1) is 0 Å². The van der Waals surface area contributed by atoms with Crippen LogP contribution in [0.5, 0.6) is 0 Å². The Kier molecular flexibility index (Phi) is 3.75. The molecule has 0 aliphatic rings. The highest BCUT2D eigenvalue weighted by Gasteiger charge is 2.16. The van der Waals surface area contributed by atoms with Gasteiger partial charge in [0.1, 0.15) is 5.82 Å². The zero-order valence-corrected chi connectivity index (χ0v) is 10.6. The summed E-state index contributed by atoms with van der Waals surface area (Å²) < 4.78 is 14.0. The number of halogens is 1. The standard InChI is InChI=1S/C15H17FN2/c1-10-4-3-5-12(8-10)15(18-17)13-7-6-11(2)9-14(13)16/h3-9,15,18H,17H2,1-2H3. The molecule has 0 radical (unpaired) electrons. The van der Waals surface area contributed by atoms with Crippen molar-refractivity contribution in [3.05, 3.63) is 70.5 Å². The Balaban J connectivity index is 2.45. The van der Waals surface area contributed by atoms with Gasteiger partial charge in [-0.25, -0.2) is 9.82 Å². The van der Waals surface area contributed by atoms with Gasteiger partial charge in [0.15, 0.2) is 0 Å². The molecule has 18 heavy (non-hydrogen) atoms. The number of hydrogen-bond donors (Lipinski definition) is 2. The molecule has 94 valence electrons. The maximum Gasteiger partial charge on any atom is 0.128 e. The molecule has 0 saturated carbocycles. The first kappa shape index (κ1) is 12.7. The Morgan fingerprint density at radius 1 is 1.06 bits per heavy atom. The van der Waals surface area contributed by atoms with Gasteiger partial charge in [0.25, 0.3) is 0 Å². The second kappa shape index (κ2) is 5.29. The zero-order chi connectivity index (χ0) is 13.1. The smallest absolute Gasteiger partial charge is 0.128 e. The molecule has 0 aliphatic heterocycles. The molecule has 0 amide bonds. The quantitative estimate of drug-likeness (QED) is 0.643. The van der Waals surface area contributed by atoms with Crippen LogP contribution in [0.1, 0.15) is 28.3 Å². The summed E-state index contributed by atoms with van der Waals surface area (Å²) in [5, 5.41) is 0. The van der Waals surface area contributed by atoms with Crippen LogP contribution in [0.3, 0.4) is 0 Å². The van der Waals surface area contributed by atoms with Crippen LogP contribution in [0.25, 0.3) is 0 Å². The summed E-state index contributed by atoms with van der Waals surface area (Å²) >= 11 is 0. The fourth-order valence-electron chi connectivity index (χ4n) is 2.08. The minimum absolute atomic E-state index is 0.237. The lowest BCUT2D eigenvalue weighted by Gasteiger charge is -2.18. The van der Waals surface area contributed by atoms with E-state index in [4.69, 9.17) is 5.84 Å². The van der Waals surface area contributed by atoms with Crippen molar-refractivity contribution < 1.29 is 4.39 Å². The summed E-state index contributed by atoms with van der Waals surface area (Å²) in [4.78, 5) is 0. The molecule has 0 fully saturated rings. The predicted molar refractivity (Wildman–Crippen MR) is 71.5 cm³/mol. The van der Waals surface area contributed by atoms with Gasteiger partial charge in [0, 0.05) is 5.56 Å². The second-order valence-electron chi connectivity index (χ2n) is 4.54. The first-order valence-corrected chi connectivity index (χ1v) is 5.90. The van der Waals surface area contributed by atoms with Gasteiger partial charge in [-0.05, 0) is 31.0 Å². The molecular weight excluding hydrogens is 227 g/mol. The number of rotatable bonds is 3. The van der Waals surface area contributed by atoms with Crippen molar-refractivity contribution in [2.45, 2.75) is 19.9 Å². The van der Waals surface area contributed by atoms with Crippen molar-refractivity contribution in [1.29, 1.82) is 0 Å². The number of aryl methyl sites for hydroxylation is 2. The van der Waals surface area contributed by atoms with E-state index in [9.17, 15) is 4.39 Å². The van der Waals surface area contributed by atoms with Crippen molar-refractivity contribution >= 4 is 0 Å². The summed E-state index contributed by atoms with van der Waals surface area (Å²) in [6.45, 7) is 3.87. The number of nitrogens with one attached hydrogen (secondary N) is 1. The van der Waals surface area contributed by atoms with E-state index < -0.39 is 0 Å². The SMILES string of the molecule is Cc1cccc(C(NN)c2ccc(C)cc2F)c1. The highest BCUT2D eigenvalue weighted by atomic mass is 19.1. The Hall–Kier alpha value is -1.71. The molecule has 2 aromatic rings. The van der Waals surface area contributed by atoms with Crippen molar-refractivity contribution in [3.8, 4) is 0 Å². The second-order valence-corrected chi connectivity index (χ2v) is 4.54. The van der Waals surface area contributed by atoms with E-state index in [-0.39, 0.29) is 11.9 Å². The van der Waals surface area contributed by atoms with Crippen molar-refractivity contribution in [1.82, 2.24) is 5.43 Å². The maximum absolute atomic E-state index is 14.0. The van der Waals surface area contributed by atoms with E-state index >= 15 is 0 Å². The van der Waals surface area contributed by atoms with Gasteiger partial charge in [0.2, 0.25) is 0 Å². The van der Waals surface area contributed by atoms with Crippen LogP contribution < -0.4 is 11.3 Å². The molecule has 1 atom stereocenters. The van der Waals surface area contributed by atoms with E-state index in [0.717, 1.165) is 16.7 Å². The average molecular weight is 244 g/mol. The van der Waals surface area contributed by atoms with Crippen LogP contribution in [0.4, 0.5) is 4.39 Å². The molecule has 2 nitrogen and oxygen atoms in total. The van der Waals surface area contributed by atoms with Gasteiger partial charge in [-0.3, -0.25) is 5.84 Å². The van der Waals surface area contributed by atoms with Crippen LogP contribution in [0, 0.1) is 19.7 Å². The molecule has 0 aromatic heterocycles. The first-order valence-electron chi connectivity index (χ1n) is 5.90. The monoisotopic (exact) mass is 244 g/mol. The molecule has 0 aliphatic carbocycles. The molecule has 1 unspecified atom stereocenters.